The Morgan fingerprint density at radius 1 is 1.21 bits per heavy atom. The fourth-order valence-corrected chi connectivity index (χ4v) is 2.70. The van der Waals surface area contributed by atoms with Crippen LogP contribution in [-0.4, -0.2) is 5.11 Å². The number of aliphatic hydroxyl groups excluding tert-OH is 1. The Hall–Kier alpha value is -1.80. The van der Waals surface area contributed by atoms with Gasteiger partial charge in [-0.1, -0.05) is 42.0 Å². The van der Waals surface area contributed by atoms with E-state index < -0.39 is 0 Å². The van der Waals surface area contributed by atoms with Crippen LogP contribution in [0, 0.1) is 6.92 Å². The van der Waals surface area contributed by atoms with Gasteiger partial charge in [0.1, 0.15) is 12.4 Å². The Balaban J connectivity index is 1.78. The molecule has 3 rings (SSSR count). The zero-order chi connectivity index (χ0) is 13.2. The number of aryl methyl sites for hydroxylation is 1. The van der Waals surface area contributed by atoms with Gasteiger partial charge in [0, 0.05) is 5.56 Å². The van der Waals surface area contributed by atoms with Gasteiger partial charge in [-0.3, -0.25) is 0 Å². The first-order valence-electron chi connectivity index (χ1n) is 6.72. The third kappa shape index (κ3) is 2.49. The van der Waals surface area contributed by atoms with Crippen molar-refractivity contribution in [3.8, 4) is 5.75 Å². The van der Waals surface area contributed by atoms with Crippen LogP contribution >= 0.6 is 0 Å². The predicted octanol–water partition coefficient (Wildman–Crippen LogP) is 3.55. The number of hydrogen-bond donors (Lipinski definition) is 1. The minimum atomic E-state index is -0.322. The molecule has 1 aliphatic carbocycles. The van der Waals surface area contributed by atoms with E-state index in [-0.39, 0.29) is 6.10 Å². The van der Waals surface area contributed by atoms with Gasteiger partial charge >= 0.3 is 0 Å². The van der Waals surface area contributed by atoms with E-state index in [9.17, 15) is 5.11 Å². The number of ether oxygens (including phenoxy) is 1. The molecule has 19 heavy (non-hydrogen) atoms. The molecule has 0 bridgehead atoms. The lowest BCUT2D eigenvalue weighted by Gasteiger charge is -2.11. The topological polar surface area (TPSA) is 29.5 Å². The summed E-state index contributed by atoms with van der Waals surface area (Å²) in [6.45, 7) is 2.66. The lowest BCUT2D eigenvalue weighted by atomic mass is 10.1. The molecule has 1 aliphatic rings. The molecule has 2 aromatic carbocycles. The summed E-state index contributed by atoms with van der Waals surface area (Å²) in [5, 5.41) is 9.87. The van der Waals surface area contributed by atoms with E-state index in [1.165, 1.54) is 16.7 Å². The van der Waals surface area contributed by atoms with Crippen LogP contribution in [0.2, 0.25) is 0 Å². The lowest BCUT2D eigenvalue weighted by Crippen LogP contribution is -1.99. The highest BCUT2D eigenvalue weighted by Gasteiger charge is 2.23. The SMILES string of the molecule is Cc1cccc(COc2cccc3c2CCC3O)c1. The molecule has 2 nitrogen and oxygen atoms in total. The van der Waals surface area contributed by atoms with Crippen LogP contribution < -0.4 is 4.74 Å². The summed E-state index contributed by atoms with van der Waals surface area (Å²) in [4.78, 5) is 0. The molecule has 1 unspecified atom stereocenters. The van der Waals surface area contributed by atoms with Crippen LogP contribution in [0.5, 0.6) is 5.75 Å². The fourth-order valence-electron chi connectivity index (χ4n) is 2.70. The largest absolute Gasteiger partial charge is 0.489 e. The molecule has 0 spiro atoms. The minimum Gasteiger partial charge on any atom is -0.489 e. The lowest BCUT2D eigenvalue weighted by molar-refractivity contribution is 0.180. The molecule has 0 amide bonds. The minimum absolute atomic E-state index is 0.322. The van der Waals surface area contributed by atoms with E-state index in [1.54, 1.807) is 0 Å². The second-order valence-corrected chi connectivity index (χ2v) is 5.16. The Morgan fingerprint density at radius 2 is 2.05 bits per heavy atom. The quantitative estimate of drug-likeness (QED) is 0.907. The molecule has 2 aromatic rings. The number of aliphatic hydroxyl groups is 1. The van der Waals surface area contributed by atoms with Gasteiger partial charge in [0.15, 0.2) is 0 Å². The summed E-state index contributed by atoms with van der Waals surface area (Å²) in [6, 6.07) is 14.3. The van der Waals surface area contributed by atoms with Crippen molar-refractivity contribution < 1.29 is 9.84 Å². The van der Waals surface area contributed by atoms with E-state index in [0.717, 1.165) is 24.2 Å². The van der Waals surface area contributed by atoms with Crippen molar-refractivity contribution in [3.05, 3.63) is 64.7 Å². The zero-order valence-corrected chi connectivity index (χ0v) is 11.1. The molecule has 0 aromatic heterocycles. The van der Waals surface area contributed by atoms with Crippen molar-refractivity contribution in [2.45, 2.75) is 32.5 Å². The normalized spacial score (nSPS) is 17.3. The van der Waals surface area contributed by atoms with Crippen LogP contribution in [0.4, 0.5) is 0 Å². The van der Waals surface area contributed by atoms with Crippen molar-refractivity contribution in [1.82, 2.24) is 0 Å². The molecule has 0 saturated carbocycles. The van der Waals surface area contributed by atoms with Crippen LogP contribution in [-0.2, 0) is 13.0 Å². The molecule has 0 radical (unpaired) electrons. The summed E-state index contributed by atoms with van der Waals surface area (Å²) >= 11 is 0. The fraction of sp³-hybridized carbons (Fsp3) is 0.294. The number of hydrogen-bond acceptors (Lipinski definition) is 2. The Morgan fingerprint density at radius 3 is 2.89 bits per heavy atom. The standard InChI is InChI=1S/C17H18O2/c1-12-4-2-5-13(10-12)11-19-17-7-3-6-14-15(17)8-9-16(14)18/h2-7,10,16,18H,8-9,11H2,1H3. The highest BCUT2D eigenvalue weighted by molar-refractivity contribution is 5.44. The van der Waals surface area contributed by atoms with Crippen molar-refractivity contribution in [2.75, 3.05) is 0 Å². The van der Waals surface area contributed by atoms with E-state index in [1.807, 2.05) is 24.3 Å². The molecule has 1 N–H and O–H groups in total. The molecule has 98 valence electrons. The molecule has 1 atom stereocenters. The zero-order valence-electron chi connectivity index (χ0n) is 11.1. The van der Waals surface area contributed by atoms with Crippen molar-refractivity contribution in [3.63, 3.8) is 0 Å². The third-order valence-electron chi connectivity index (χ3n) is 3.67. The van der Waals surface area contributed by atoms with Gasteiger partial charge < -0.3 is 9.84 Å². The van der Waals surface area contributed by atoms with E-state index in [0.29, 0.717) is 6.61 Å². The molecular weight excluding hydrogens is 236 g/mol. The van der Waals surface area contributed by atoms with E-state index in [2.05, 4.69) is 25.1 Å². The van der Waals surface area contributed by atoms with E-state index in [4.69, 9.17) is 4.74 Å². The maximum Gasteiger partial charge on any atom is 0.123 e. The second-order valence-electron chi connectivity index (χ2n) is 5.16. The van der Waals surface area contributed by atoms with Crippen molar-refractivity contribution in [2.24, 2.45) is 0 Å². The average Bonchev–Trinajstić information content (AvgIpc) is 2.79. The molecule has 0 fully saturated rings. The van der Waals surface area contributed by atoms with Gasteiger partial charge in [0.2, 0.25) is 0 Å². The van der Waals surface area contributed by atoms with Crippen LogP contribution in [0.25, 0.3) is 0 Å². The monoisotopic (exact) mass is 254 g/mol. The van der Waals surface area contributed by atoms with Gasteiger partial charge in [-0.15, -0.1) is 0 Å². The van der Waals surface area contributed by atoms with Gasteiger partial charge in [-0.2, -0.15) is 0 Å². The molecule has 2 heteroatoms. The van der Waals surface area contributed by atoms with Crippen LogP contribution in [0.15, 0.2) is 42.5 Å². The average molecular weight is 254 g/mol. The van der Waals surface area contributed by atoms with Gasteiger partial charge in [0.05, 0.1) is 6.10 Å². The smallest absolute Gasteiger partial charge is 0.123 e. The third-order valence-corrected chi connectivity index (χ3v) is 3.67. The summed E-state index contributed by atoms with van der Waals surface area (Å²) in [5.41, 5.74) is 4.62. The maximum atomic E-state index is 9.87. The first-order chi connectivity index (χ1) is 9.24. The van der Waals surface area contributed by atoms with Crippen LogP contribution in [0.3, 0.4) is 0 Å². The highest BCUT2D eigenvalue weighted by Crippen LogP contribution is 2.36. The maximum absolute atomic E-state index is 9.87. The number of fused-ring (bicyclic) bond motifs is 1. The Bertz CT molecular complexity index is 590. The van der Waals surface area contributed by atoms with Gasteiger partial charge in [-0.05, 0) is 37.0 Å². The Kier molecular flexibility index (Phi) is 3.26. The summed E-state index contributed by atoms with van der Waals surface area (Å²) in [5.74, 6) is 0.913. The highest BCUT2D eigenvalue weighted by atomic mass is 16.5. The summed E-state index contributed by atoms with van der Waals surface area (Å²) in [6.07, 6.45) is 1.39. The Labute approximate surface area is 113 Å². The molecule has 0 aliphatic heterocycles. The first kappa shape index (κ1) is 12.2. The van der Waals surface area contributed by atoms with Crippen LogP contribution in [0.1, 0.15) is 34.8 Å². The van der Waals surface area contributed by atoms with Crippen molar-refractivity contribution >= 4 is 0 Å². The molecule has 0 saturated heterocycles. The van der Waals surface area contributed by atoms with Gasteiger partial charge in [0.25, 0.3) is 0 Å². The molecular formula is C17H18O2. The van der Waals surface area contributed by atoms with Gasteiger partial charge in [-0.25, -0.2) is 0 Å². The second kappa shape index (κ2) is 5.06. The number of benzene rings is 2. The number of rotatable bonds is 3. The van der Waals surface area contributed by atoms with E-state index >= 15 is 0 Å². The predicted molar refractivity (Wildman–Crippen MR) is 75.2 cm³/mol. The summed E-state index contributed by atoms with van der Waals surface area (Å²) in [7, 11) is 0. The molecule has 0 heterocycles. The first-order valence-corrected chi connectivity index (χ1v) is 6.72. The van der Waals surface area contributed by atoms with Crippen molar-refractivity contribution in [1.29, 1.82) is 0 Å². The summed E-state index contributed by atoms with van der Waals surface area (Å²) < 4.78 is 5.93.